The van der Waals surface area contributed by atoms with Crippen LogP contribution in [0.1, 0.15) is 25.8 Å². The summed E-state index contributed by atoms with van der Waals surface area (Å²) >= 11 is 0. The van der Waals surface area contributed by atoms with Gasteiger partial charge in [0.05, 0.1) is 6.10 Å². The van der Waals surface area contributed by atoms with Crippen molar-refractivity contribution >= 4 is 0 Å². The molecule has 0 aliphatic carbocycles. The highest BCUT2D eigenvalue weighted by Crippen LogP contribution is 2.13. The average molecular weight is 218 g/mol. The molecule has 1 aromatic carbocycles. The van der Waals surface area contributed by atoms with Crippen LogP contribution >= 0.6 is 0 Å². The Bertz CT molecular complexity index is 355. The van der Waals surface area contributed by atoms with Crippen molar-refractivity contribution in [3.05, 3.63) is 29.8 Å². The van der Waals surface area contributed by atoms with Crippen LogP contribution in [-0.2, 0) is 6.42 Å². The van der Waals surface area contributed by atoms with Crippen molar-refractivity contribution in [3.8, 4) is 17.6 Å². The van der Waals surface area contributed by atoms with Crippen LogP contribution in [0.3, 0.4) is 0 Å². The van der Waals surface area contributed by atoms with Crippen molar-refractivity contribution in [2.24, 2.45) is 0 Å². The van der Waals surface area contributed by atoms with Gasteiger partial charge >= 0.3 is 0 Å². The third-order valence-electron chi connectivity index (χ3n) is 2.26. The van der Waals surface area contributed by atoms with Crippen molar-refractivity contribution in [1.82, 2.24) is 0 Å². The van der Waals surface area contributed by atoms with Crippen LogP contribution in [0, 0.1) is 11.8 Å². The molecule has 0 aliphatic rings. The van der Waals surface area contributed by atoms with Crippen molar-refractivity contribution < 1.29 is 9.84 Å². The minimum atomic E-state index is -0.240. The van der Waals surface area contributed by atoms with E-state index in [0.717, 1.165) is 18.6 Å². The maximum absolute atomic E-state index is 9.17. The van der Waals surface area contributed by atoms with E-state index in [1.807, 2.05) is 24.3 Å². The standard InChI is InChI=1S/C14H18O2/c1-3-4-11-16-14-9-7-13(8-10-14)6-5-12(2)15/h7-10,12,15H,5-6,11H2,1-2H3. The minimum Gasteiger partial charge on any atom is -0.481 e. The average Bonchev–Trinajstić information content (AvgIpc) is 2.28. The highest BCUT2D eigenvalue weighted by Gasteiger charge is 1.98. The number of ether oxygens (including phenoxy) is 1. The van der Waals surface area contributed by atoms with Gasteiger partial charge in [0.25, 0.3) is 0 Å². The number of hydrogen-bond donors (Lipinski definition) is 1. The van der Waals surface area contributed by atoms with E-state index in [2.05, 4.69) is 11.8 Å². The predicted molar refractivity (Wildman–Crippen MR) is 65.4 cm³/mol. The van der Waals surface area contributed by atoms with Gasteiger partial charge < -0.3 is 9.84 Å². The van der Waals surface area contributed by atoms with Crippen LogP contribution in [0.4, 0.5) is 0 Å². The van der Waals surface area contributed by atoms with Gasteiger partial charge in [-0.1, -0.05) is 18.1 Å². The largest absolute Gasteiger partial charge is 0.481 e. The zero-order valence-corrected chi connectivity index (χ0v) is 9.86. The highest BCUT2D eigenvalue weighted by atomic mass is 16.5. The summed E-state index contributed by atoms with van der Waals surface area (Å²) in [7, 11) is 0. The summed E-state index contributed by atoms with van der Waals surface area (Å²) in [4.78, 5) is 0. The fourth-order valence-corrected chi connectivity index (χ4v) is 1.32. The van der Waals surface area contributed by atoms with Gasteiger partial charge in [0.1, 0.15) is 12.4 Å². The molecule has 0 heterocycles. The number of aryl methyl sites for hydroxylation is 1. The third-order valence-corrected chi connectivity index (χ3v) is 2.26. The van der Waals surface area contributed by atoms with Crippen LogP contribution in [0.5, 0.6) is 5.75 Å². The number of hydrogen-bond acceptors (Lipinski definition) is 2. The monoisotopic (exact) mass is 218 g/mol. The summed E-state index contributed by atoms with van der Waals surface area (Å²) in [6.45, 7) is 4.03. The smallest absolute Gasteiger partial charge is 0.149 e. The molecule has 0 fully saturated rings. The molecular weight excluding hydrogens is 200 g/mol. The van der Waals surface area contributed by atoms with E-state index >= 15 is 0 Å². The Morgan fingerprint density at radius 2 is 2.00 bits per heavy atom. The molecule has 0 aliphatic heterocycles. The minimum absolute atomic E-state index is 0.240. The maximum Gasteiger partial charge on any atom is 0.149 e. The molecular formula is C14H18O2. The molecule has 2 nitrogen and oxygen atoms in total. The second kappa shape index (κ2) is 6.92. The Morgan fingerprint density at radius 1 is 1.31 bits per heavy atom. The molecule has 86 valence electrons. The van der Waals surface area contributed by atoms with E-state index in [4.69, 9.17) is 4.74 Å². The summed E-state index contributed by atoms with van der Waals surface area (Å²) in [5.41, 5.74) is 1.22. The van der Waals surface area contributed by atoms with Gasteiger partial charge in [0, 0.05) is 0 Å². The summed E-state index contributed by atoms with van der Waals surface area (Å²) in [6.07, 6.45) is 1.45. The molecule has 1 rings (SSSR count). The van der Waals surface area contributed by atoms with E-state index in [-0.39, 0.29) is 6.10 Å². The summed E-state index contributed by atoms with van der Waals surface area (Å²) in [6, 6.07) is 7.93. The van der Waals surface area contributed by atoms with E-state index in [1.54, 1.807) is 13.8 Å². The van der Waals surface area contributed by atoms with E-state index in [0.29, 0.717) is 6.61 Å². The van der Waals surface area contributed by atoms with Gasteiger partial charge in [-0.05, 0) is 44.4 Å². The molecule has 0 amide bonds. The topological polar surface area (TPSA) is 29.5 Å². The van der Waals surface area contributed by atoms with Gasteiger partial charge in [-0.2, -0.15) is 0 Å². The fourth-order valence-electron chi connectivity index (χ4n) is 1.32. The first kappa shape index (κ1) is 12.6. The Hall–Kier alpha value is -1.46. The fraction of sp³-hybridized carbons (Fsp3) is 0.429. The zero-order chi connectivity index (χ0) is 11.8. The van der Waals surface area contributed by atoms with Gasteiger partial charge in [0.15, 0.2) is 0 Å². The van der Waals surface area contributed by atoms with Crippen LogP contribution in [0.2, 0.25) is 0 Å². The molecule has 0 bridgehead atoms. The summed E-state index contributed by atoms with van der Waals surface area (Å²) < 4.78 is 5.40. The van der Waals surface area contributed by atoms with Crippen LogP contribution in [0.15, 0.2) is 24.3 Å². The highest BCUT2D eigenvalue weighted by molar-refractivity contribution is 5.27. The lowest BCUT2D eigenvalue weighted by Crippen LogP contribution is -2.01. The second-order valence-electron chi connectivity index (χ2n) is 3.75. The SMILES string of the molecule is CC#CCOc1ccc(CCC(C)O)cc1. The molecule has 0 saturated carbocycles. The van der Waals surface area contributed by atoms with Gasteiger partial charge in [-0.15, -0.1) is 5.92 Å². The molecule has 1 atom stereocenters. The molecule has 1 N–H and O–H groups in total. The molecule has 0 spiro atoms. The van der Waals surface area contributed by atoms with Crippen LogP contribution < -0.4 is 4.74 Å². The molecule has 1 aromatic rings. The summed E-state index contributed by atoms with van der Waals surface area (Å²) in [5.74, 6) is 6.46. The number of aliphatic hydroxyl groups is 1. The third kappa shape index (κ3) is 4.86. The van der Waals surface area contributed by atoms with E-state index in [9.17, 15) is 5.11 Å². The zero-order valence-electron chi connectivity index (χ0n) is 9.86. The normalized spacial score (nSPS) is 11.4. The number of rotatable bonds is 5. The number of aliphatic hydroxyl groups excluding tert-OH is 1. The Morgan fingerprint density at radius 3 is 2.56 bits per heavy atom. The molecule has 1 unspecified atom stereocenters. The predicted octanol–water partition coefficient (Wildman–Crippen LogP) is 2.40. The maximum atomic E-state index is 9.17. The Kier molecular flexibility index (Phi) is 5.45. The van der Waals surface area contributed by atoms with Crippen molar-refractivity contribution in [2.75, 3.05) is 6.61 Å². The first-order chi connectivity index (χ1) is 7.72. The second-order valence-corrected chi connectivity index (χ2v) is 3.75. The first-order valence-electron chi connectivity index (χ1n) is 5.52. The van der Waals surface area contributed by atoms with Gasteiger partial charge in [-0.25, -0.2) is 0 Å². The quantitative estimate of drug-likeness (QED) is 0.769. The lowest BCUT2D eigenvalue weighted by atomic mass is 10.1. The van der Waals surface area contributed by atoms with Gasteiger partial charge in [-0.3, -0.25) is 0 Å². The molecule has 0 aromatic heterocycles. The van der Waals surface area contributed by atoms with E-state index in [1.165, 1.54) is 5.56 Å². The van der Waals surface area contributed by atoms with Gasteiger partial charge in [0.2, 0.25) is 0 Å². The van der Waals surface area contributed by atoms with Crippen LogP contribution in [-0.4, -0.2) is 17.8 Å². The molecule has 0 saturated heterocycles. The van der Waals surface area contributed by atoms with Crippen LogP contribution in [0.25, 0.3) is 0 Å². The van der Waals surface area contributed by atoms with Crippen molar-refractivity contribution in [1.29, 1.82) is 0 Å². The Labute approximate surface area is 97.3 Å². The summed E-state index contributed by atoms with van der Waals surface area (Å²) in [5, 5.41) is 9.17. The molecule has 2 heteroatoms. The lowest BCUT2D eigenvalue weighted by molar-refractivity contribution is 0.185. The molecule has 0 radical (unpaired) electrons. The number of benzene rings is 1. The van der Waals surface area contributed by atoms with Crippen molar-refractivity contribution in [2.45, 2.75) is 32.8 Å². The first-order valence-corrected chi connectivity index (χ1v) is 5.52. The molecule has 16 heavy (non-hydrogen) atoms. The lowest BCUT2D eigenvalue weighted by Gasteiger charge is -2.06. The Balaban J connectivity index is 2.43. The van der Waals surface area contributed by atoms with E-state index < -0.39 is 0 Å². The van der Waals surface area contributed by atoms with Crippen molar-refractivity contribution in [3.63, 3.8) is 0 Å².